The van der Waals surface area contributed by atoms with Gasteiger partial charge in [-0.05, 0) is 35.8 Å². The lowest BCUT2D eigenvalue weighted by atomic mass is 10.2. The molecule has 3 rings (SSSR count). The van der Waals surface area contributed by atoms with Crippen LogP contribution >= 0.6 is 23.5 Å². The molecule has 0 unspecified atom stereocenters. The molecule has 0 saturated heterocycles. The molecule has 0 aliphatic carbocycles. The van der Waals surface area contributed by atoms with Gasteiger partial charge in [0.05, 0.1) is 20.7 Å². The first kappa shape index (κ1) is 18.4. The molecule has 1 heterocycles. The van der Waals surface area contributed by atoms with Crippen molar-refractivity contribution in [3.8, 4) is 0 Å². The van der Waals surface area contributed by atoms with E-state index in [-0.39, 0.29) is 4.58 Å². The Hall–Kier alpha value is -1.37. The minimum absolute atomic E-state index is 0.0842. The molecule has 6 heteroatoms. The summed E-state index contributed by atoms with van der Waals surface area (Å²) in [5.74, 6) is 1.87. The molecular formula is C19H21NO2S3. The van der Waals surface area contributed by atoms with E-state index in [1.165, 1.54) is 3.97 Å². The molecule has 0 bridgehead atoms. The quantitative estimate of drug-likeness (QED) is 0.507. The third-order valence-corrected chi connectivity index (χ3v) is 8.18. The summed E-state index contributed by atoms with van der Waals surface area (Å²) in [5.41, 5.74) is 1.57. The molecule has 1 aromatic heterocycles. The summed E-state index contributed by atoms with van der Waals surface area (Å²) in [6.45, 7) is 4.21. The van der Waals surface area contributed by atoms with E-state index in [1.54, 1.807) is 47.8 Å². The van der Waals surface area contributed by atoms with Gasteiger partial charge in [0.2, 0.25) is 0 Å². The van der Waals surface area contributed by atoms with Gasteiger partial charge in [-0.3, -0.25) is 0 Å². The molecule has 3 nitrogen and oxygen atoms in total. The van der Waals surface area contributed by atoms with Gasteiger partial charge in [0, 0.05) is 5.39 Å². The number of benzene rings is 2. The summed E-state index contributed by atoms with van der Waals surface area (Å²) in [7, 11) is -3.64. The summed E-state index contributed by atoms with van der Waals surface area (Å²) >= 11 is 3.54. The standard InChI is InChI=1S/C19H21NO2S3/c1-3-23-19(24-4-2)18-14-15-10-8-9-13-17(15)20(18)25(21,22)16-11-6-5-7-12-16/h5-14,19H,3-4H2,1-2H3. The summed E-state index contributed by atoms with van der Waals surface area (Å²) < 4.78 is 28.4. The predicted molar refractivity (Wildman–Crippen MR) is 110 cm³/mol. The maximum absolute atomic E-state index is 13.4. The zero-order valence-electron chi connectivity index (χ0n) is 14.3. The fraction of sp³-hybridized carbons (Fsp3) is 0.263. The zero-order chi connectivity index (χ0) is 17.9. The number of rotatable bonds is 7. The molecule has 25 heavy (non-hydrogen) atoms. The average molecular weight is 392 g/mol. The van der Waals surface area contributed by atoms with Crippen LogP contribution in [0.4, 0.5) is 0 Å². The second-order valence-electron chi connectivity index (χ2n) is 5.45. The summed E-state index contributed by atoms with van der Waals surface area (Å²) in [5, 5.41) is 0.954. The van der Waals surface area contributed by atoms with Crippen molar-refractivity contribution in [3.63, 3.8) is 0 Å². The highest BCUT2D eigenvalue weighted by molar-refractivity contribution is 8.16. The van der Waals surface area contributed by atoms with Crippen molar-refractivity contribution >= 4 is 44.4 Å². The number of aromatic nitrogens is 1. The van der Waals surface area contributed by atoms with Gasteiger partial charge in [0.1, 0.15) is 0 Å². The van der Waals surface area contributed by atoms with Gasteiger partial charge in [-0.1, -0.05) is 50.2 Å². The number of fused-ring (bicyclic) bond motifs is 1. The summed E-state index contributed by atoms with van der Waals surface area (Å²) in [4.78, 5) is 0.319. The maximum atomic E-state index is 13.4. The second kappa shape index (κ2) is 7.89. The second-order valence-corrected chi connectivity index (χ2v) is 10.3. The minimum atomic E-state index is -3.64. The monoisotopic (exact) mass is 391 g/mol. The minimum Gasteiger partial charge on any atom is -0.236 e. The van der Waals surface area contributed by atoms with Gasteiger partial charge in [-0.15, -0.1) is 23.5 Å². The van der Waals surface area contributed by atoms with E-state index < -0.39 is 10.0 Å². The van der Waals surface area contributed by atoms with Crippen LogP contribution in [-0.2, 0) is 10.0 Å². The van der Waals surface area contributed by atoms with Crippen LogP contribution in [0.3, 0.4) is 0 Å². The lowest BCUT2D eigenvalue weighted by Gasteiger charge is -2.18. The molecule has 0 aliphatic heterocycles. The lowest BCUT2D eigenvalue weighted by Crippen LogP contribution is -2.16. The molecule has 0 N–H and O–H groups in total. The average Bonchev–Trinajstić information content (AvgIpc) is 3.02. The van der Waals surface area contributed by atoms with Crippen molar-refractivity contribution in [2.75, 3.05) is 11.5 Å². The fourth-order valence-electron chi connectivity index (χ4n) is 2.80. The van der Waals surface area contributed by atoms with Crippen LogP contribution in [0.2, 0.25) is 0 Å². The van der Waals surface area contributed by atoms with E-state index in [4.69, 9.17) is 0 Å². The number of nitrogens with zero attached hydrogens (tertiary/aromatic N) is 1. The molecule has 3 aromatic rings. The highest BCUT2D eigenvalue weighted by Crippen LogP contribution is 2.42. The number of para-hydroxylation sites is 1. The fourth-order valence-corrected chi connectivity index (χ4v) is 7.00. The molecule has 0 fully saturated rings. The van der Waals surface area contributed by atoms with Crippen LogP contribution in [0.15, 0.2) is 65.6 Å². The van der Waals surface area contributed by atoms with Gasteiger partial charge in [-0.2, -0.15) is 0 Å². The molecule has 0 saturated carbocycles. The van der Waals surface area contributed by atoms with E-state index in [9.17, 15) is 8.42 Å². The lowest BCUT2D eigenvalue weighted by molar-refractivity contribution is 0.588. The molecule has 0 amide bonds. The Labute approximate surface area is 157 Å². The van der Waals surface area contributed by atoms with E-state index in [1.807, 2.05) is 36.4 Å². The molecule has 0 atom stereocenters. The van der Waals surface area contributed by atoms with E-state index in [0.29, 0.717) is 4.90 Å². The highest BCUT2D eigenvalue weighted by Gasteiger charge is 2.27. The first-order chi connectivity index (χ1) is 12.1. The number of hydrogen-bond acceptors (Lipinski definition) is 4. The van der Waals surface area contributed by atoms with Gasteiger partial charge < -0.3 is 0 Å². The topological polar surface area (TPSA) is 39.1 Å². The third-order valence-electron chi connectivity index (χ3n) is 3.85. The summed E-state index contributed by atoms with van der Waals surface area (Å²) in [6, 6.07) is 18.4. The highest BCUT2D eigenvalue weighted by atomic mass is 32.2. The van der Waals surface area contributed by atoms with Crippen LogP contribution in [0.5, 0.6) is 0 Å². The molecule has 0 radical (unpaired) electrons. The van der Waals surface area contributed by atoms with Crippen molar-refractivity contribution in [2.24, 2.45) is 0 Å². The molecule has 0 spiro atoms. The summed E-state index contributed by atoms with van der Waals surface area (Å²) in [6.07, 6.45) is 0. The first-order valence-electron chi connectivity index (χ1n) is 8.23. The van der Waals surface area contributed by atoms with Crippen molar-refractivity contribution in [3.05, 3.63) is 66.4 Å². The normalized spacial score (nSPS) is 12.1. The first-order valence-corrected chi connectivity index (χ1v) is 11.8. The van der Waals surface area contributed by atoms with Crippen LogP contribution in [0.1, 0.15) is 24.1 Å². The van der Waals surface area contributed by atoms with Crippen LogP contribution in [0, 0.1) is 0 Å². The van der Waals surface area contributed by atoms with Crippen molar-refractivity contribution in [1.29, 1.82) is 0 Å². The SMILES string of the molecule is CCSC(SCC)c1cc2ccccc2n1S(=O)(=O)c1ccccc1. The van der Waals surface area contributed by atoms with E-state index in [0.717, 1.165) is 28.1 Å². The van der Waals surface area contributed by atoms with Gasteiger partial charge in [0.15, 0.2) is 0 Å². The largest absolute Gasteiger partial charge is 0.268 e. The van der Waals surface area contributed by atoms with E-state index in [2.05, 4.69) is 13.8 Å². The smallest absolute Gasteiger partial charge is 0.236 e. The third kappa shape index (κ3) is 3.61. The van der Waals surface area contributed by atoms with Crippen molar-refractivity contribution in [1.82, 2.24) is 3.97 Å². The molecular weight excluding hydrogens is 370 g/mol. The Kier molecular flexibility index (Phi) is 5.81. The molecule has 132 valence electrons. The Morgan fingerprint density at radius 1 is 0.920 bits per heavy atom. The van der Waals surface area contributed by atoms with Crippen molar-refractivity contribution in [2.45, 2.75) is 23.3 Å². The van der Waals surface area contributed by atoms with Crippen LogP contribution in [0.25, 0.3) is 10.9 Å². The van der Waals surface area contributed by atoms with Crippen LogP contribution < -0.4 is 0 Å². The van der Waals surface area contributed by atoms with Crippen LogP contribution in [-0.4, -0.2) is 23.9 Å². The van der Waals surface area contributed by atoms with Gasteiger partial charge in [-0.25, -0.2) is 12.4 Å². The van der Waals surface area contributed by atoms with Gasteiger partial charge in [0.25, 0.3) is 10.0 Å². The van der Waals surface area contributed by atoms with Crippen molar-refractivity contribution < 1.29 is 8.42 Å². The predicted octanol–water partition coefficient (Wildman–Crippen LogP) is 5.38. The number of hydrogen-bond donors (Lipinski definition) is 0. The number of thioether (sulfide) groups is 2. The van der Waals surface area contributed by atoms with Gasteiger partial charge >= 0.3 is 0 Å². The molecule has 2 aromatic carbocycles. The Bertz CT molecular complexity index is 943. The van der Waals surface area contributed by atoms with E-state index >= 15 is 0 Å². The zero-order valence-corrected chi connectivity index (χ0v) is 16.7. The Balaban J connectivity index is 2.27. The Morgan fingerprint density at radius 2 is 1.52 bits per heavy atom. The Morgan fingerprint density at radius 3 is 2.16 bits per heavy atom. The molecule has 0 aliphatic rings. The maximum Gasteiger partial charge on any atom is 0.268 e.